The Labute approximate surface area is 84.7 Å². The van der Waals surface area contributed by atoms with Gasteiger partial charge in [0.25, 0.3) is 0 Å². The second-order valence-electron chi connectivity index (χ2n) is 2.83. The fraction of sp³-hybridized carbons (Fsp3) is 0.111. The molecule has 0 saturated carbocycles. The van der Waals surface area contributed by atoms with Crippen LogP contribution in [0.1, 0.15) is 0 Å². The first-order valence-electron chi connectivity index (χ1n) is 4.15. The van der Waals surface area contributed by atoms with Gasteiger partial charge in [-0.05, 0) is 0 Å². The van der Waals surface area contributed by atoms with E-state index in [1.54, 1.807) is 0 Å². The Hall–Kier alpha value is -2.24. The largest absolute Gasteiger partial charge is 0.490 e. The molecule has 0 aliphatic carbocycles. The van der Waals surface area contributed by atoms with Gasteiger partial charge in [0.2, 0.25) is 0 Å². The summed E-state index contributed by atoms with van der Waals surface area (Å²) in [4.78, 5) is 18.2. The highest BCUT2D eigenvalue weighted by atomic mass is 16.6. The lowest BCUT2D eigenvalue weighted by atomic mass is 10.2. The monoisotopic (exact) mass is 205 g/mol. The van der Waals surface area contributed by atoms with Crippen molar-refractivity contribution in [3.63, 3.8) is 0 Å². The first-order chi connectivity index (χ1) is 7.22. The van der Waals surface area contributed by atoms with Crippen molar-refractivity contribution < 1.29 is 9.66 Å². The van der Waals surface area contributed by atoms with Gasteiger partial charge in [-0.2, -0.15) is 0 Å². The van der Waals surface area contributed by atoms with Crippen molar-refractivity contribution in [2.24, 2.45) is 0 Å². The van der Waals surface area contributed by atoms with E-state index >= 15 is 0 Å². The molecule has 0 atom stereocenters. The molecule has 1 aromatic heterocycles. The molecule has 0 radical (unpaired) electrons. The van der Waals surface area contributed by atoms with Gasteiger partial charge in [0.1, 0.15) is 0 Å². The van der Waals surface area contributed by atoms with Gasteiger partial charge in [-0.15, -0.1) is 0 Å². The lowest BCUT2D eigenvalue weighted by Crippen LogP contribution is -1.95. The summed E-state index contributed by atoms with van der Waals surface area (Å²) in [5.74, 6) is 0.188. The highest BCUT2D eigenvalue weighted by Gasteiger charge is 2.16. The number of benzene rings is 1. The number of nitro benzene ring substituents is 1. The second kappa shape index (κ2) is 3.49. The van der Waals surface area contributed by atoms with Crippen molar-refractivity contribution in [3.8, 4) is 5.75 Å². The van der Waals surface area contributed by atoms with Gasteiger partial charge in [0.05, 0.1) is 23.1 Å². The van der Waals surface area contributed by atoms with Crippen molar-refractivity contribution in [2.75, 3.05) is 7.11 Å². The van der Waals surface area contributed by atoms with E-state index in [1.807, 2.05) is 0 Å². The average Bonchev–Trinajstić information content (AvgIpc) is 2.27. The Morgan fingerprint density at radius 3 is 2.40 bits per heavy atom. The van der Waals surface area contributed by atoms with E-state index in [0.717, 1.165) is 0 Å². The van der Waals surface area contributed by atoms with Crippen LogP contribution in [-0.2, 0) is 0 Å². The van der Waals surface area contributed by atoms with Crippen LogP contribution >= 0.6 is 0 Å². The van der Waals surface area contributed by atoms with Gasteiger partial charge in [-0.1, -0.05) is 0 Å². The van der Waals surface area contributed by atoms with E-state index in [4.69, 9.17) is 4.74 Å². The molecule has 0 bridgehead atoms. The summed E-state index contributed by atoms with van der Waals surface area (Å²) in [5.41, 5.74) is 0.940. The van der Waals surface area contributed by atoms with E-state index in [-0.39, 0.29) is 11.4 Å². The second-order valence-corrected chi connectivity index (χ2v) is 2.83. The van der Waals surface area contributed by atoms with Crippen LogP contribution in [0, 0.1) is 10.1 Å². The summed E-state index contributed by atoms with van der Waals surface area (Å²) in [6.07, 6.45) is 3.01. The molecular weight excluding hydrogens is 198 g/mol. The maximum Gasteiger partial charge on any atom is 0.313 e. The number of nitro groups is 1. The number of rotatable bonds is 2. The molecule has 0 N–H and O–H groups in total. The van der Waals surface area contributed by atoms with Gasteiger partial charge in [0, 0.05) is 24.5 Å². The molecule has 0 amide bonds. The van der Waals surface area contributed by atoms with E-state index in [1.165, 1.54) is 31.6 Å². The summed E-state index contributed by atoms with van der Waals surface area (Å²) in [5, 5.41) is 10.7. The molecule has 6 nitrogen and oxygen atoms in total. The smallest absolute Gasteiger partial charge is 0.313 e. The van der Waals surface area contributed by atoms with E-state index in [0.29, 0.717) is 11.0 Å². The minimum atomic E-state index is -0.507. The molecule has 1 heterocycles. The number of hydrogen-bond donors (Lipinski definition) is 0. The molecule has 2 aromatic rings. The Morgan fingerprint density at radius 1 is 1.27 bits per heavy atom. The van der Waals surface area contributed by atoms with Gasteiger partial charge in [-0.25, -0.2) is 0 Å². The molecule has 0 aliphatic heterocycles. The number of fused-ring (bicyclic) bond motifs is 1. The normalized spacial score (nSPS) is 10.2. The zero-order valence-corrected chi connectivity index (χ0v) is 7.88. The highest BCUT2D eigenvalue weighted by molar-refractivity contribution is 5.79. The number of ether oxygens (including phenoxy) is 1. The third kappa shape index (κ3) is 1.56. The summed E-state index contributed by atoms with van der Waals surface area (Å²) < 4.78 is 4.91. The van der Waals surface area contributed by atoms with Gasteiger partial charge >= 0.3 is 5.69 Å². The van der Waals surface area contributed by atoms with Crippen molar-refractivity contribution in [3.05, 3.63) is 34.6 Å². The minimum Gasteiger partial charge on any atom is -0.490 e. The summed E-state index contributed by atoms with van der Waals surface area (Å²) >= 11 is 0. The maximum atomic E-state index is 10.7. The van der Waals surface area contributed by atoms with Gasteiger partial charge < -0.3 is 4.74 Å². The molecule has 0 aliphatic rings. The summed E-state index contributed by atoms with van der Waals surface area (Å²) in [7, 11) is 1.38. The lowest BCUT2D eigenvalue weighted by Gasteiger charge is -2.02. The Kier molecular flexibility index (Phi) is 2.17. The van der Waals surface area contributed by atoms with Crippen LogP contribution in [0.3, 0.4) is 0 Å². The van der Waals surface area contributed by atoms with E-state index in [2.05, 4.69) is 9.97 Å². The predicted octanol–water partition coefficient (Wildman–Crippen LogP) is 1.55. The van der Waals surface area contributed by atoms with Crippen LogP contribution in [0.25, 0.3) is 11.0 Å². The number of hydrogen-bond acceptors (Lipinski definition) is 5. The average molecular weight is 205 g/mol. The molecular formula is C9H7N3O3. The van der Waals surface area contributed by atoms with Gasteiger partial charge in [0.15, 0.2) is 5.75 Å². The fourth-order valence-corrected chi connectivity index (χ4v) is 1.29. The first kappa shape index (κ1) is 9.32. The van der Waals surface area contributed by atoms with Crippen molar-refractivity contribution in [1.82, 2.24) is 9.97 Å². The molecule has 76 valence electrons. The molecule has 2 rings (SSSR count). The molecule has 0 spiro atoms. The minimum absolute atomic E-state index is 0.106. The Morgan fingerprint density at radius 2 is 1.87 bits per heavy atom. The molecule has 0 saturated heterocycles. The Balaban J connectivity index is 2.74. The van der Waals surface area contributed by atoms with Crippen LogP contribution in [0.15, 0.2) is 24.5 Å². The predicted molar refractivity (Wildman–Crippen MR) is 52.7 cm³/mol. The molecule has 0 fully saturated rings. The van der Waals surface area contributed by atoms with Crippen molar-refractivity contribution in [1.29, 1.82) is 0 Å². The zero-order valence-electron chi connectivity index (χ0n) is 7.88. The molecule has 0 unspecified atom stereocenters. The third-order valence-corrected chi connectivity index (χ3v) is 1.97. The maximum absolute atomic E-state index is 10.7. The molecule has 15 heavy (non-hydrogen) atoms. The highest BCUT2D eigenvalue weighted by Crippen LogP contribution is 2.29. The van der Waals surface area contributed by atoms with Crippen LogP contribution < -0.4 is 4.74 Å². The molecule has 6 heteroatoms. The van der Waals surface area contributed by atoms with Gasteiger partial charge in [-0.3, -0.25) is 20.1 Å². The number of aromatic nitrogens is 2. The summed E-state index contributed by atoms with van der Waals surface area (Å²) in [6, 6.07) is 2.85. The van der Waals surface area contributed by atoms with Crippen LogP contribution in [0.2, 0.25) is 0 Å². The summed E-state index contributed by atoms with van der Waals surface area (Å²) in [6.45, 7) is 0. The third-order valence-electron chi connectivity index (χ3n) is 1.97. The van der Waals surface area contributed by atoms with Crippen LogP contribution in [0.4, 0.5) is 5.69 Å². The van der Waals surface area contributed by atoms with Crippen LogP contribution in [-0.4, -0.2) is 22.0 Å². The van der Waals surface area contributed by atoms with Crippen molar-refractivity contribution in [2.45, 2.75) is 0 Å². The SMILES string of the molecule is COc1cc2nccnc2cc1[N+](=O)[O-]. The molecule has 1 aromatic carbocycles. The number of nitrogens with zero attached hydrogens (tertiary/aromatic N) is 3. The van der Waals surface area contributed by atoms with Crippen LogP contribution in [0.5, 0.6) is 5.75 Å². The van der Waals surface area contributed by atoms with E-state index in [9.17, 15) is 10.1 Å². The zero-order chi connectivity index (χ0) is 10.8. The van der Waals surface area contributed by atoms with E-state index < -0.39 is 4.92 Å². The standard InChI is InChI=1S/C9H7N3O3/c1-15-9-5-7-6(10-2-3-11-7)4-8(9)12(13)14/h2-5H,1H3. The number of methoxy groups -OCH3 is 1. The quantitative estimate of drug-likeness (QED) is 0.549. The first-order valence-corrected chi connectivity index (χ1v) is 4.15. The topological polar surface area (TPSA) is 78.2 Å². The lowest BCUT2D eigenvalue weighted by molar-refractivity contribution is -0.385. The van der Waals surface area contributed by atoms with Crippen molar-refractivity contribution >= 4 is 16.7 Å². The fourth-order valence-electron chi connectivity index (χ4n) is 1.29. The Bertz CT molecular complexity index is 527.